The number of halogens is 2. The number of carbonyl (C=O) groups excluding carboxylic acids is 2. The molecule has 1 amide bonds. The van der Waals surface area contributed by atoms with Gasteiger partial charge in [-0.2, -0.15) is 0 Å². The molecule has 3 N–H and O–H groups in total. The molecule has 0 spiro atoms. The molecule has 5 nitrogen and oxygen atoms in total. The summed E-state index contributed by atoms with van der Waals surface area (Å²) in [4.78, 5) is 21.3. The molecule has 7 heteroatoms. The molecule has 0 unspecified atom stereocenters. The van der Waals surface area contributed by atoms with Gasteiger partial charge in [-0.3, -0.25) is 9.59 Å². The van der Waals surface area contributed by atoms with Crippen molar-refractivity contribution in [2.24, 2.45) is 0 Å². The van der Waals surface area contributed by atoms with Crippen molar-refractivity contribution in [2.75, 3.05) is 12.4 Å². The molecule has 0 atom stereocenters. The van der Waals surface area contributed by atoms with E-state index in [1.807, 2.05) is 13.1 Å². The molecule has 1 aliphatic rings. The van der Waals surface area contributed by atoms with E-state index in [9.17, 15) is 9.59 Å². The topological polar surface area (TPSA) is 70.2 Å². The highest BCUT2D eigenvalue weighted by Gasteiger charge is 2.37. The zero-order valence-corrected chi connectivity index (χ0v) is 16.9. The van der Waals surface area contributed by atoms with Crippen LogP contribution in [0.5, 0.6) is 0 Å². The van der Waals surface area contributed by atoms with Crippen LogP contribution in [0.4, 0.5) is 5.69 Å². The molecule has 1 aromatic carbocycles. The molecule has 1 heterocycles. The lowest BCUT2D eigenvalue weighted by Crippen LogP contribution is -2.62. The van der Waals surface area contributed by atoms with Gasteiger partial charge < -0.3 is 16.0 Å². The van der Waals surface area contributed by atoms with Crippen LogP contribution < -0.4 is 16.0 Å². The first kappa shape index (κ1) is 21.7. The first-order chi connectivity index (χ1) is 11.5. The van der Waals surface area contributed by atoms with Crippen molar-refractivity contribution in [3.8, 4) is 0 Å². The molecular formula is C18H27Cl2N3O2. The molecule has 0 aromatic heterocycles. The van der Waals surface area contributed by atoms with Crippen LogP contribution in [0.1, 0.15) is 40.5 Å². The Bertz CT molecular complexity index is 602. The summed E-state index contributed by atoms with van der Waals surface area (Å²) in [6.45, 7) is 8.42. The first-order valence-electron chi connectivity index (χ1n) is 8.16. The normalized spacial score (nSPS) is 18.5. The van der Waals surface area contributed by atoms with Crippen LogP contribution in [0.3, 0.4) is 0 Å². The van der Waals surface area contributed by atoms with E-state index in [4.69, 9.17) is 23.2 Å². The molecule has 2 rings (SSSR count). The third kappa shape index (κ3) is 7.63. The number of hydrogen-bond donors (Lipinski definition) is 3. The average molecular weight is 388 g/mol. The molecule has 0 saturated carbocycles. The fourth-order valence-corrected chi connectivity index (χ4v) is 3.61. The Morgan fingerprint density at radius 3 is 2.16 bits per heavy atom. The zero-order chi connectivity index (χ0) is 19.3. The van der Waals surface area contributed by atoms with Gasteiger partial charge >= 0.3 is 0 Å². The molecular weight excluding hydrogens is 361 g/mol. The van der Waals surface area contributed by atoms with Crippen LogP contribution in [0.25, 0.3) is 0 Å². The first-order valence-corrected chi connectivity index (χ1v) is 8.91. The van der Waals surface area contributed by atoms with Crippen LogP contribution >= 0.6 is 23.2 Å². The second-order valence-electron chi connectivity index (χ2n) is 7.50. The summed E-state index contributed by atoms with van der Waals surface area (Å²) in [5.41, 5.74) is 0.944. The molecule has 1 fully saturated rings. The van der Waals surface area contributed by atoms with Crippen molar-refractivity contribution < 1.29 is 9.59 Å². The largest absolute Gasteiger partial charge is 0.388 e. The summed E-state index contributed by atoms with van der Waals surface area (Å²) < 4.78 is 0. The maximum atomic E-state index is 11.0. The van der Waals surface area contributed by atoms with Crippen LogP contribution in [-0.4, -0.2) is 36.4 Å². The molecule has 25 heavy (non-hydrogen) atoms. The zero-order valence-electron chi connectivity index (χ0n) is 15.4. The minimum atomic E-state index is -0.520. The Hall–Kier alpha value is -1.30. The lowest BCUT2D eigenvalue weighted by molar-refractivity contribution is -0.132. The van der Waals surface area contributed by atoms with Gasteiger partial charge in [0.05, 0.1) is 10.0 Å². The number of carbonyl (C=O) groups is 2. The highest BCUT2D eigenvalue weighted by atomic mass is 35.5. The second kappa shape index (κ2) is 8.88. The van der Waals surface area contributed by atoms with E-state index in [2.05, 4.69) is 43.6 Å². The SMILES string of the molecule is CC1(C)CC(NC(=O)C=O)CC(C)(C)N1.CNc1ccc(Cl)c(Cl)c1. The van der Waals surface area contributed by atoms with E-state index >= 15 is 0 Å². The van der Waals surface area contributed by atoms with E-state index in [1.165, 1.54) is 0 Å². The number of piperidine rings is 1. The van der Waals surface area contributed by atoms with Crippen molar-refractivity contribution >= 4 is 41.1 Å². The summed E-state index contributed by atoms with van der Waals surface area (Å²) in [7, 11) is 1.83. The number of aldehydes is 1. The Morgan fingerprint density at radius 2 is 1.72 bits per heavy atom. The highest BCUT2D eigenvalue weighted by Crippen LogP contribution is 2.28. The Morgan fingerprint density at radius 1 is 1.16 bits per heavy atom. The third-order valence-electron chi connectivity index (χ3n) is 3.85. The van der Waals surface area contributed by atoms with Crippen molar-refractivity contribution in [3.63, 3.8) is 0 Å². The van der Waals surface area contributed by atoms with E-state index in [1.54, 1.807) is 12.1 Å². The molecule has 0 aliphatic carbocycles. The Balaban J connectivity index is 0.000000271. The lowest BCUT2D eigenvalue weighted by Gasteiger charge is -2.46. The maximum absolute atomic E-state index is 11.0. The van der Waals surface area contributed by atoms with Gasteiger partial charge in [0.1, 0.15) is 0 Å². The Kier molecular flexibility index (Phi) is 7.72. The van der Waals surface area contributed by atoms with Gasteiger partial charge in [0.2, 0.25) is 6.29 Å². The van der Waals surface area contributed by atoms with Gasteiger partial charge in [-0.1, -0.05) is 23.2 Å². The number of rotatable bonds is 3. The van der Waals surface area contributed by atoms with Gasteiger partial charge in [0, 0.05) is 29.9 Å². The summed E-state index contributed by atoms with van der Waals surface area (Å²) >= 11 is 11.4. The Labute approximate surface area is 159 Å². The summed E-state index contributed by atoms with van der Waals surface area (Å²) in [5, 5.41) is 10.4. The number of amides is 1. The van der Waals surface area contributed by atoms with Gasteiger partial charge in [-0.15, -0.1) is 0 Å². The summed E-state index contributed by atoms with van der Waals surface area (Å²) in [6, 6.07) is 5.49. The van der Waals surface area contributed by atoms with Crippen LogP contribution in [0, 0.1) is 0 Å². The van der Waals surface area contributed by atoms with E-state index in [0.29, 0.717) is 16.3 Å². The molecule has 0 bridgehead atoms. The number of anilines is 1. The van der Waals surface area contributed by atoms with Crippen molar-refractivity contribution in [1.29, 1.82) is 0 Å². The average Bonchev–Trinajstić information content (AvgIpc) is 2.47. The number of benzene rings is 1. The lowest BCUT2D eigenvalue weighted by atomic mass is 9.79. The van der Waals surface area contributed by atoms with Crippen molar-refractivity contribution in [2.45, 2.75) is 57.7 Å². The molecule has 1 aromatic rings. The van der Waals surface area contributed by atoms with Gasteiger partial charge in [0.15, 0.2) is 0 Å². The fourth-order valence-electron chi connectivity index (χ4n) is 3.31. The number of nitrogens with one attached hydrogen (secondary N) is 3. The standard InChI is InChI=1S/C11H20N2O2.C7H7Cl2N/c1-10(2)5-8(12-9(15)7-14)6-11(3,4)13-10;1-10-5-2-3-6(8)7(9)4-5/h7-8,13H,5-6H2,1-4H3,(H,12,15);2-4,10H,1H3. The molecule has 1 saturated heterocycles. The fraction of sp³-hybridized carbons (Fsp3) is 0.556. The highest BCUT2D eigenvalue weighted by molar-refractivity contribution is 6.42. The predicted octanol–water partition coefficient (Wildman–Crippen LogP) is 3.65. The van der Waals surface area contributed by atoms with Crippen LogP contribution in [0.2, 0.25) is 10.0 Å². The minimum Gasteiger partial charge on any atom is -0.388 e. The van der Waals surface area contributed by atoms with Crippen LogP contribution in [0.15, 0.2) is 18.2 Å². The second-order valence-corrected chi connectivity index (χ2v) is 8.32. The van der Waals surface area contributed by atoms with E-state index < -0.39 is 5.91 Å². The van der Waals surface area contributed by atoms with Gasteiger partial charge in [0.25, 0.3) is 5.91 Å². The quantitative estimate of drug-likeness (QED) is 0.546. The maximum Gasteiger partial charge on any atom is 0.284 e. The summed E-state index contributed by atoms with van der Waals surface area (Å²) in [5.74, 6) is -0.520. The number of hydrogen-bond acceptors (Lipinski definition) is 4. The van der Waals surface area contributed by atoms with Crippen molar-refractivity contribution in [3.05, 3.63) is 28.2 Å². The van der Waals surface area contributed by atoms with Crippen molar-refractivity contribution in [1.82, 2.24) is 10.6 Å². The monoisotopic (exact) mass is 387 g/mol. The predicted molar refractivity (Wildman–Crippen MR) is 105 cm³/mol. The smallest absolute Gasteiger partial charge is 0.284 e. The summed E-state index contributed by atoms with van der Waals surface area (Å²) in [6.07, 6.45) is 2.02. The molecule has 1 aliphatic heterocycles. The van der Waals surface area contributed by atoms with Gasteiger partial charge in [-0.25, -0.2) is 0 Å². The van der Waals surface area contributed by atoms with Crippen LogP contribution in [-0.2, 0) is 9.59 Å². The minimum absolute atomic E-state index is 0.0113. The molecule has 140 valence electrons. The molecule has 0 radical (unpaired) electrons. The van der Waals surface area contributed by atoms with E-state index in [-0.39, 0.29) is 17.1 Å². The van der Waals surface area contributed by atoms with E-state index in [0.717, 1.165) is 18.5 Å². The third-order valence-corrected chi connectivity index (χ3v) is 4.59. The van der Waals surface area contributed by atoms with Gasteiger partial charge in [-0.05, 0) is 58.7 Å².